The highest BCUT2D eigenvalue weighted by atomic mass is 35.5. The number of aromatic nitrogens is 1. The van der Waals surface area contributed by atoms with Crippen molar-refractivity contribution in [2.45, 2.75) is 6.92 Å². The van der Waals surface area contributed by atoms with Crippen LogP contribution in [0.3, 0.4) is 0 Å². The van der Waals surface area contributed by atoms with Crippen LogP contribution in [0, 0.1) is 18.3 Å². The number of halogens is 1. The second-order valence-electron chi connectivity index (χ2n) is 5.22. The van der Waals surface area contributed by atoms with Gasteiger partial charge in [0.25, 0.3) is 0 Å². The number of hydrogen-bond acceptors (Lipinski definition) is 4. The van der Waals surface area contributed by atoms with Crippen molar-refractivity contribution in [1.29, 1.82) is 5.26 Å². The minimum Gasteiger partial charge on any atom is -0.447 e. The molecule has 0 unspecified atom stereocenters. The zero-order valence-electron chi connectivity index (χ0n) is 12.9. The molecule has 2 aromatic carbocycles. The highest BCUT2D eigenvalue weighted by molar-refractivity contribution is 6.30. The van der Waals surface area contributed by atoms with E-state index in [0.29, 0.717) is 32.7 Å². The van der Waals surface area contributed by atoms with Crippen molar-refractivity contribution in [1.82, 2.24) is 4.98 Å². The fourth-order valence-electron chi connectivity index (χ4n) is 2.66. The third-order valence-electron chi connectivity index (χ3n) is 3.71. The maximum atomic E-state index is 12.5. The lowest BCUT2D eigenvalue weighted by Gasteiger charge is -2.13. The molecule has 0 radical (unpaired) electrons. The van der Waals surface area contributed by atoms with Crippen molar-refractivity contribution in [2.24, 2.45) is 0 Å². The zero-order valence-corrected chi connectivity index (χ0v) is 13.7. The third-order valence-corrected chi connectivity index (χ3v) is 3.94. The summed E-state index contributed by atoms with van der Waals surface area (Å²) in [5.74, 6) is -0.532. The summed E-state index contributed by atoms with van der Waals surface area (Å²) in [6.07, 6.45) is 0. The van der Waals surface area contributed by atoms with Gasteiger partial charge in [-0.3, -0.25) is 0 Å². The minimum absolute atomic E-state index is 0.290. The Morgan fingerprint density at radius 3 is 2.79 bits per heavy atom. The first-order chi connectivity index (χ1) is 11.6. The highest BCUT2D eigenvalue weighted by Crippen LogP contribution is 2.31. The van der Waals surface area contributed by atoms with Crippen molar-refractivity contribution in [2.75, 3.05) is 6.61 Å². The second-order valence-corrected chi connectivity index (χ2v) is 5.66. The first-order valence-electron chi connectivity index (χ1n) is 7.31. The summed E-state index contributed by atoms with van der Waals surface area (Å²) in [5, 5.41) is 9.94. The smallest absolute Gasteiger partial charge is 0.340 e. The van der Waals surface area contributed by atoms with E-state index in [1.54, 1.807) is 12.1 Å². The Bertz CT molecular complexity index is 977. The van der Waals surface area contributed by atoms with E-state index in [2.05, 4.69) is 4.98 Å². The van der Waals surface area contributed by atoms with E-state index in [4.69, 9.17) is 21.6 Å². The van der Waals surface area contributed by atoms with Gasteiger partial charge in [0.1, 0.15) is 6.07 Å². The Morgan fingerprint density at radius 1 is 1.25 bits per heavy atom. The summed E-state index contributed by atoms with van der Waals surface area (Å²) in [6, 6.07) is 16.5. The van der Waals surface area contributed by atoms with Gasteiger partial charge in [-0.1, -0.05) is 41.9 Å². The summed E-state index contributed by atoms with van der Waals surface area (Å²) in [6.45, 7) is 1.53. The van der Waals surface area contributed by atoms with Crippen LogP contribution in [0.25, 0.3) is 22.2 Å². The molecule has 24 heavy (non-hydrogen) atoms. The summed E-state index contributed by atoms with van der Waals surface area (Å²) in [4.78, 5) is 17.1. The van der Waals surface area contributed by atoms with Gasteiger partial charge >= 0.3 is 5.97 Å². The van der Waals surface area contributed by atoms with Crippen molar-refractivity contribution >= 4 is 28.5 Å². The van der Waals surface area contributed by atoms with E-state index < -0.39 is 5.97 Å². The van der Waals surface area contributed by atoms with Crippen LogP contribution in [0.2, 0.25) is 5.02 Å². The molecule has 1 aromatic heterocycles. The van der Waals surface area contributed by atoms with Crippen LogP contribution in [0.4, 0.5) is 0 Å². The number of nitriles is 1. The Morgan fingerprint density at radius 2 is 2.04 bits per heavy atom. The first kappa shape index (κ1) is 16.0. The van der Waals surface area contributed by atoms with Crippen LogP contribution in [-0.4, -0.2) is 17.6 Å². The van der Waals surface area contributed by atoms with Crippen LogP contribution in [-0.2, 0) is 4.74 Å². The average molecular weight is 337 g/mol. The summed E-state index contributed by atoms with van der Waals surface area (Å²) in [7, 11) is 0. The van der Waals surface area contributed by atoms with Gasteiger partial charge < -0.3 is 4.74 Å². The van der Waals surface area contributed by atoms with Crippen LogP contribution in [0.5, 0.6) is 0 Å². The molecule has 4 nitrogen and oxygen atoms in total. The fourth-order valence-corrected chi connectivity index (χ4v) is 2.85. The first-order valence-corrected chi connectivity index (χ1v) is 7.69. The molecule has 118 valence electrons. The predicted molar refractivity (Wildman–Crippen MR) is 92.8 cm³/mol. The van der Waals surface area contributed by atoms with Gasteiger partial charge in [0.15, 0.2) is 6.61 Å². The Balaban J connectivity index is 2.27. The largest absolute Gasteiger partial charge is 0.447 e. The molecule has 0 saturated carbocycles. The Kier molecular flexibility index (Phi) is 4.45. The van der Waals surface area contributed by atoms with Crippen molar-refractivity contribution < 1.29 is 9.53 Å². The molecule has 0 aliphatic carbocycles. The average Bonchev–Trinajstić information content (AvgIpc) is 2.59. The van der Waals surface area contributed by atoms with Gasteiger partial charge in [-0.05, 0) is 30.7 Å². The van der Waals surface area contributed by atoms with Crippen molar-refractivity contribution in [3.8, 4) is 17.3 Å². The summed E-state index contributed by atoms with van der Waals surface area (Å²) in [5.41, 5.74) is 3.28. The molecule has 3 aromatic rings. The molecule has 3 rings (SSSR count). The van der Waals surface area contributed by atoms with E-state index >= 15 is 0 Å². The van der Waals surface area contributed by atoms with Crippen LogP contribution in [0.1, 0.15) is 15.9 Å². The SMILES string of the molecule is Cc1c(-c2cccc(Cl)c2)nc2ccccc2c1C(=O)OCC#N. The standard InChI is InChI=1S/C19H13ClN2O2/c1-12-17(19(23)24-10-9-21)15-7-2-3-8-16(15)22-18(12)13-5-4-6-14(20)11-13/h2-8,11H,10H2,1H3. The van der Waals surface area contributed by atoms with E-state index in [0.717, 1.165) is 5.56 Å². The number of nitrogens with zero attached hydrogens (tertiary/aromatic N) is 2. The van der Waals surface area contributed by atoms with Crippen LogP contribution in [0.15, 0.2) is 48.5 Å². The lowest BCUT2D eigenvalue weighted by molar-refractivity contribution is 0.0556. The number of carbonyl (C=O) groups is 1. The van der Waals surface area contributed by atoms with Crippen molar-refractivity contribution in [3.05, 3.63) is 64.7 Å². The van der Waals surface area contributed by atoms with E-state index in [-0.39, 0.29) is 6.61 Å². The number of benzene rings is 2. The molecular weight excluding hydrogens is 324 g/mol. The number of pyridine rings is 1. The van der Waals surface area contributed by atoms with E-state index in [1.165, 1.54) is 0 Å². The molecule has 0 bridgehead atoms. The van der Waals surface area contributed by atoms with E-state index in [9.17, 15) is 4.79 Å². The molecule has 0 amide bonds. The molecule has 0 saturated heterocycles. The lowest BCUT2D eigenvalue weighted by atomic mass is 9.98. The topological polar surface area (TPSA) is 63.0 Å². The summed E-state index contributed by atoms with van der Waals surface area (Å²) >= 11 is 6.08. The molecule has 0 N–H and O–H groups in total. The number of rotatable bonds is 3. The second kappa shape index (κ2) is 6.69. The highest BCUT2D eigenvalue weighted by Gasteiger charge is 2.20. The predicted octanol–water partition coefficient (Wildman–Crippen LogP) is 4.54. The number of fused-ring (bicyclic) bond motifs is 1. The van der Waals surface area contributed by atoms with Gasteiger partial charge in [-0.25, -0.2) is 9.78 Å². The van der Waals surface area contributed by atoms with E-state index in [1.807, 2.05) is 49.4 Å². The summed E-state index contributed by atoms with van der Waals surface area (Å²) < 4.78 is 5.03. The van der Waals surface area contributed by atoms with Gasteiger partial charge in [0.05, 0.1) is 16.8 Å². The number of esters is 1. The van der Waals surface area contributed by atoms with Crippen LogP contribution < -0.4 is 0 Å². The number of hydrogen-bond donors (Lipinski definition) is 0. The normalized spacial score (nSPS) is 10.4. The van der Waals surface area contributed by atoms with Crippen molar-refractivity contribution in [3.63, 3.8) is 0 Å². The maximum Gasteiger partial charge on any atom is 0.340 e. The third kappa shape index (κ3) is 2.94. The monoisotopic (exact) mass is 336 g/mol. The molecular formula is C19H13ClN2O2. The quantitative estimate of drug-likeness (QED) is 0.658. The van der Waals surface area contributed by atoms with Gasteiger partial charge in [0, 0.05) is 16.0 Å². The molecule has 0 aliphatic heterocycles. The molecule has 0 atom stereocenters. The van der Waals surface area contributed by atoms with Gasteiger partial charge in [-0.15, -0.1) is 0 Å². The molecule has 0 fully saturated rings. The maximum absolute atomic E-state index is 12.5. The van der Waals surface area contributed by atoms with Gasteiger partial charge in [-0.2, -0.15) is 5.26 Å². The van der Waals surface area contributed by atoms with Gasteiger partial charge in [0.2, 0.25) is 0 Å². The Labute approximate surface area is 144 Å². The molecule has 0 spiro atoms. The molecule has 5 heteroatoms. The lowest BCUT2D eigenvalue weighted by Crippen LogP contribution is -2.10. The fraction of sp³-hybridized carbons (Fsp3) is 0.105. The zero-order chi connectivity index (χ0) is 17.1. The number of carbonyl (C=O) groups excluding carboxylic acids is 1. The van der Waals surface area contributed by atoms with Crippen LogP contribution >= 0.6 is 11.6 Å². The number of para-hydroxylation sites is 1. The molecule has 1 heterocycles. The Hall–Kier alpha value is -2.90. The molecule has 0 aliphatic rings. The number of ether oxygens (including phenoxy) is 1. The minimum atomic E-state index is -0.532.